The fourth-order valence-electron chi connectivity index (χ4n) is 2.85. The molecule has 138 valence electrons. The number of benzene rings is 3. The first-order valence-electron chi connectivity index (χ1n) is 9.01. The molecule has 0 spiro atoms. The third-order valence-corrected chi connectivity index (χ3v) is 4.30. The Bertz CT molecular complexity index is 783. The second-order valence-corrected chi connectivity index (χ2v) is 6.37. The Kier molecular flexibility index (Phi) is 6.74. The van der Waals surface area contributed by atoms with Crippen LogP contribution in [0.25, 0.3) is 0 Å². The summed E-state index contributed by atoms with van der Waals surface area (Å²) in [6.45, 7) is 0.597. The highest BCUT2D eigenvalue weighted by atomic mass is 16.5. The summed E-state index contributed by atoms with van der Waals surface area (Å²) in [7, 11) is 0. The van der Waals surface area contributed by atoms with Gasteiger partial charge in [-0.05, 0) is 16.7 Å². The number of carbonyl (C=O) groups is 1. The molecular weight excluding hydrogens is 336 g/mol. The number of hydrogen-bond acceptors (Lipinski definition) is 3. The molecule has 0 heterocycles. The third-order valence-electron chi connectivity index (χ3n) is 4.30. The minimum Gasteiger partial charge on any atom is -0.375 e. The molecule has 27 heavy (non-hydrogen) atoms. The maximum Gasteiger partial charge on any atom is 0.240 e. The molecular formula is C23H24N2O2. The number of ether oxygens (including phenoxy) is 1. The first-order chi connectivity index (χ1) is 13.2. The topological polar surface area (TPSA) is 64.3 Å². The van der Waals surface area contributed by atoms with Crippen LogP contribution in [0.2, 0.25) is 0 Å². The minimum atomic E-state index is -0.733. The Balaban J connectivity index is 1.62. The molecule has 0 bridgehead atoms. The van der Waals surface area contributed by atoms with Crippen molar-refractivity contribution in [2.24, 2.45) is 5.73 Å². The van der Waals surface area contributed by atoms with Crippen molar-refractivity contribution in [1.29, 1.82) is 0 Å². The standard InChI is InChI=1S/C23H24N2O2/c24-21(17-27-16-18-10-4-1-5-11-18)23(26)25-22(19-12-6-2-7-13-19)20-14-8-3-9-15-20/h1-15,21-22H,16-17,24H2,(H,25,26)/t21-/m0/s1. The van der Waals surface area contributed by atoms with Gasteiger partial charge in [0.2, 0.25) is 5.91 Å². The number of hydrogen-bond donors (Lipinski definition) is 2. The van der Waals surface area contributed by atoms with Crippen molar-refractivity contribution < 1.29 is 9.53 Å². The van der Waals surface area contributed by atoms with E-state index in [2.05, 4.69) is 5.32 Å². The molecule has 0 aliphatic rings. The Hall–Kier alpha value is -2.95. The number of nitrogens with two attached hydrogens (primary N) is 1. The normalized spacial score (nSPS) is 11.9. The molecule has 3 aromatic rings. The van der Waals surface area contributed by atoms with Crippen molar-refractivity contribution in [3.8, 4) is 0 Å². The molecule has 4 nitrogen and oxygen atoms in total. The Morgan fingerprint density at radius 3 is 1.81 bits per heavy atom. The summed E-state index contributed by atoms with van der Waals surface area (Å²) in [6.07, 6.45) is 0. The molecule has 0 saturated carbocycles. The van der Waals surface area contributed by atoms with Crippen molar-refractivity contribution in [1.82, 2.24) is 5.32 Å². The first-order valence-corrected chi connectivity index (χ1v) is 9.01. The predicted octanol–water partition coefficient (Wildman–Crippen LogP) is 3.44. The van der Waals surface area contributed by atoms with E-state index in [-0.39, 0.29) is 18.6 Å². The van der Waals surface area contributed by atoms with E-state index >= 15 is 0 Å². The fourth-order valence-corrected chi connectivity index (χ4v) is 2.85. The van der Waals surface area contributed by atoms with Gasteiger partial charge in [0.05, 0.1) is 19.3 Å². The van der Waals surface area contributed by atoms with Crippen molar-refractivity contribution >= 4 is 5.91 Å². The predicted molar refractivity (Wildman–Crippen MR) is 107 cm³/mol. The Labute approximate surface area is 160 Å². The lowest BCUT2D eigenvalue weighted by Crippen LogP contribution is -2.45. The van der Waals surface area contributed by atoms with Crippen LogP contribution in [-0.4, -0.2) is 18.6 Å². The first kappa shape index (κ1) is 18.8. The molecule has 1 amide bonds. The van der Waals surface area contributed by atoms with Gasteiger partial charge in [-0.3, -0.25) is 4.79 Å². The van der Waals surface area contributed by atoms with Crippen LogP contribution in [0.3, 0.4) is 0 Å². The van der Waals surface area contributed by atoms with Gasteiger partial charge in [-0.1, -0.05) is 91.0 Å². The van der Waals surface area contributed by atoms with Crippen LogP contribution in [0.1, 0.15) is 22.7 Å². The van der Waals surface area contributed by atoms with E-state index in [0.29, 0.717) is 6.61 Å². The van der Waals surface area contributed by atoms with Crippen LogP contribution >= 0.6 is 0 Å². The van der Waals surface area contributed by atoms with E-state index in [4.69, 9.17) is 10.5 Å². The van der Waals surface area contributed by atoms with Crippen LogP contribution in [0.15, 0.2) is 91.0 Å². The average Bonchev–Trinajstić information content (AvgIpc) is 2.74. The van der Waals surface area contributed by atoms with Crippen LogP contribution < -0.4 is 11.1 Å². The van der Waals surface area contributed by atoms with Crippen molar-refractivity contribution in [3.05, 3.63) is 108 Å². The summed E-state index contributed by atoms with van der Waals surface area (Å²) in [5.74, 6) is -0.235. The van der Waals surface area contributed by atoms with Gasteiger partial charge in [-0.25, -0.2) is 0 Å². The van der Waals surface area contributed by atoms with Gasteiger partial charge in [0.1, 0.15) is 6.04 Å². The number of carbonyl (C=O) groups excluding carboxylic acids is 1. The average molecular weight is 360 g/mol. The minimum absolute atomic E-state index is 0.164. The molecule has 3 rings (SSSR count). The highest BCUT2D eigenvalue weighted by Gasteiger charge is 2.20. The molecule has 0 unspecified atom stereocenters. The highest BCUT2D eigenvalue weighted by molar-refractivity contribution is 5.82. The molecule has 1 atom stereocenters. The molecule has 3 N–H and O–H groups in total. The van der Waals surface area contributed by atoms with Gasteiger partial charge in [-0.2, -0.15) is 0 Å². The zero-order chi connectivity index (χ0) is 18.9. The zero-order valence-corrected chi connectivity index (χ0v) is 15.1. The summed E-state index contributed by atoms with van der Waals surface area (Å²) in [6, 6.07) is 28.6. The fraction of sp³-hybridized carbons (Fsp3) is 0.174. The van der Waals surface area contributed by atoms with E-state index < -0.39 is 6.04 Å². The zero-order valence-electron chi connectivity index (χ0n) is 15.1. The molecule has 4 heteroatoms. The smallest absolute Gasteiger partial charge is 0.240 e. The number of amides is 1. The maximum absolute atomic E-state index is 12.6. The lowest BCUT2D eigenvalue weighted by Gasteiger charge is -2.22. The van der Waals surface area contributed by atoms with Crippen LogP contribution in [0.5, 0.6) is 0 Å². The summed E-state index contributed by atoms with van der Waals surface area (Å²) in [4.78, 5) is 12.6. The third kappa shape index (κ3) is 5.51. The van der Waals surface area contributed by atoms with Gasteiger partial charge in [0.25, 0.3) is 0 Å². The molecule has 0 aliphatic carbocycles. The van der Waals surface area contributed by atoms with Gasteiger partial charge in [-0.15, -0.1) is 0 Å². The van der Waals surface area contributed by atoms with E-state index in [9.17, 15) is 4.79 Å². The molecule has 0 radical (unpaired) electrons. The second kappa shape index (κ2) is 9.67. The summed E-state index contributed by atoms with van der Waals surface area (Å²) < 4.78 is 5.61. The molecule has 0 fully saturated rings. The van der Waals surface area contributed by atoms with Crippen molar-refractivity contribution in [2.45, 2.75) is 18.7 Å². The number of rotatable bonds is 8. The van der Waals surface area contributed by atoms with E-state index in [1.54, 1.807) is 0 Å². The van der Waals surface area contributed by atoms with Gasteiger partial charge in [0.15, 0.2) is 0 Å². The van der Waals surface area contributed by atoms with E-state index in [0.717, 1.165) is 16.7 Å². The lowest BCUT2D eigenvalue weighted by atomic mass is 9.98. The van der Waals surface area contributed by atoms with E-state index in [1.165, 1.54) is 0 Å². The summed E-state index contributed by atoms with van der Waals surface area (Å²) >= 11 is 0. The maximum atomic E-state index is 12.6. The lowest BCUT2D eigenvalue weighted by molar-refractivity contribution is -0.124. The Morgan fingerprint density at radius 1 is 0.815 bits per heavy atom. The monoisotopic (exact) mass is 360 g/mol. The van der Waals surface area contributed by atoms with Crippen molar-refractivity contribution in [2.75, 3.05) is 6.61 Å². The van der Waals surface area contributed by atoms with E-state index in [1.807, 2.05) is 91.0 Å². The van der Waals surface area contributed by atoms with Crippen LogP contribution in [0, 0.1) is 0 Å². The Morgan fingerprint density at radius 2 is 1.30 bits per heavy atom. The van der Waals surface area contributed by atoms with Crippen LogP contribution in [0.4, 0.5) is 0 Å². The quantitative estimate of drug-likeness (QED) is 0.647. The second-order valence-electron chi connectivity index (χ2n) is 6.37. The van der Waals surface area contributed by atoms with Gasteiger partial charge >= 0.3 is 0 Å². The summed E-state index contributed by atoms with van der Waals surface area (Å²) in [5.41, 5.74) is 9.12. The highest BCUT2D eigenvalue weighted by Crippen LogP contribution is 2.21. The van der Waals surface area contributed by atoms with Crippen LogP contribution in [-0.2, 0) is 16.1 Å². The van der Waals surface area contributed by atoms with Gasteiger partial charge < -0.3 is 15.8 Å². The SMILES string of the molecule is N[C@@H](COCc1ccccc1)C(=O)NC(c1ccccc1)c1ccccc1. The van der Waals surface area contributed by atoms with Crippen molar-refractivity contribution in [3.63, 3.8) is 0 Å². The molecule has 3 aromatic carbocycles. The largest absolute Gasteiger partial charge is 0.375 e. The molecule has 0 aromatic heterocycles. The summed E-state index contributed by atoms with van der Waals surface area (Å²) in [5, 5.41) is 3.05. The number of nitrogens with one attached hydrogen (secondary N) is 1. The molecule has 0 saturated heterocycles. The van der Waals surface area contributed by atoms with Gasteiger partial charge in [0, 0.05) is 0 Å². The molecule has 0 aliphatic heterocycles.